The van der Waals surface area contributed by atoms with Crippen molar-refractivity contribution >= 4 is 5.91 Å². The number of methoxy groups -OCH3 is 1. The van der Waals surface area contributed by atoms with Gasteiger partial charge in [0.2, 0.25) is 0 Å². The quantitative estimate of drug-likeness (QED) is 0.732. The zero-order chi connectivity index (χ0) is 19.5. The number of carbonyl (C=O) groups excluding carboxylic acids is 1. The Kier molecular flexibility index (Phi) is 5.10. The Morgan fingerprint density at radius 1 is 1.25 bits per heavy atom. The molecule has 144 valence electrons. The Morgan fingerprint density at radius 3 is 2.82 bits per heavy atom. The Hall–Kier alpha value is -3.15. The number of nitrogens with one attached hydrogen (secondary N) is 1. The summed E-state index contributed by atoms with van der Waals surface area (Å²) in [6.07, 6.45) is 4.60. The summed E-state index contributed by atoms with van der Waals surface area (Å²) in [5.74, 6) is 0.285. The summed E-state index contributed by atoms with van der Waals surface area (Å²) in [5.41, 5.74) is 3.71. The molecule has 1 aliphatic carbocycles. The smallest absolute Gasteiger partial charge is 0.251 e. The number of carbonyl (C=O) groups is 1. The molecule has 1 aromatic heterocycles. The van der Waals surface area contributed by atoms with Crippen LogP contribution in [0.15, 0.2) is 54.7 Å². The first kappa shape index (κ1) is 18.2. The lowest BCUT2D eigenvalue weighted by molar-refractivity contribution is 0.0932. The van der Waals surface area contributed by atoms with E-state index in [-0.39, 0.29) is 17.8 Å². The third kappa shape index (κ3) is 3.63. The van der Waals surface area contributed by atoms with Gasteiger partial charge < -0.3 is 10.1 Å². The minimum absolute atomic E-state index is 0.0901. The van der Waals surface area contributed by atoms with Crippen LogP contribution >= 0.6 is 0 Å². The van der Waals surface area contributed by atoms with Gasteiger partial charge in [-0.3, -0.25) is 9.48 Å². The summed E-state index contributed by atoms with van der Waals surface area (Å²) in [6, 6.07) is 13.4. The number of benzene rings is 2. The van der Waals surface area contributed by atoms with E-state index in [1.807, 2.05) is 35.1 Å². The van der Waals surface area contributed by atoms with Gasteiger partial charge in [-0.2, -0.15) is 5.10 Å². The largest absolute Gasteiger partial charge is 0.496 e. The van der Waals surface area contributed by atoms with Crippen molar-refractivity contribution < 1.29 is 13.9 Å². The molecule has 0 unspecified atom stereocenters. The van der Waals surface area contributed by atoms with E-state index in [9.17, 15) is 9.18 Å². The van der Waals surface area contributed by atoms with E-state index in [0.717, 1.165) is 41.8 Å². The highest BCUT2D eigenvalue weighted by Gasteiger charge is 2.26. The number of ether oxygens (including phenoxy) is 1. The number of aromatic nitrogens is 2. The van der Waals surface area contributed by atoms with Gasteiger partial charge in [0.1, 0.15) is 11.6 Å². The molecule has 1 aliphatic rings. The molecule has 0 saturated carbocycles. The molecule has 0 radical (unpaired) electrons. The van der Waals surface area contributed by atoms with Crippen LogP contribution in [0.5, 0.6) is 5.75 Å². The van der Waals surface area contributed by atoms with Crippen molar-refractivity contribution in [3.8, 4) is 5.75 Å². The van der Waals surface area contributed by atoms with Crippen LogP contribution in [0.3, 0.4) is 0 Å². The predicted octanol–water partition coefficient (Wildman–Crippen LogP) is 3.89. The SMILES string of the molecule is COc1ccccc1Cn1ncc2c1CCC[C@@H]2NC(=O)c1ccc(F)cc1. The molecule has 5 nitrogen and oxygen atoms in total. The van der Waals surface area contributed by atoms with Gasteiger partial charge in [0, 0.05) is 22.4 Å². The molecular weight excluding hydrogens is 357 g/mol. The molecule has 1 N–H and O–H groups in total. The first-order valence-corrected chi connectivity index (χ1v) is 9.38. The zero-order valence-corrected chi connectivity index (χ0v) is 15.7. The van der Waals surface area contributed by atoms with E-state index in [1.54, 1.807) is 7.11 Å². The van der Waals surface area contributed by atoms with Crippen LogP contribution in [0, 0.1) is 5.82 Å². The Morgan fingerprint density at radius 2 is 2.04 bits per heavy atom. The van der Waals surface area contributed by atoms with Crippen molar-refractivity contribution in [1.82, 2.24) is 15.1 Å². The molecule has 1 atom stereocenters. The first-order valence-electron chi connectivity index (χ1n) is 9.38. The number of amides is 1. The van der Waals surface area contributed by atoms with Crippen LogP contribution in [-0.2, 0) is 13.0 Å². The fourth-order valence-electron chi connectivity index (χ4n) is 3.74. The number of hydrogen-bond acceptors (Lipinski definition) is 3. The van der Waals surface area contributed by atoms with E-state index in [4.69, 9.17) is 4.74 Å². The van der Waals surface area contributed by atoms with Crippen molar-refractivity contribution in [1.29, 1.82) is 0 Å². The van der Waals surface area contributed by atoms with E-state index >= 15 is 0 Å². The average Bonchev–Trinajstić information content (AvgIpc) is 3.13. The van der Waals surface area contributed by atoms with Crippen LogP contribution in [0.4, 0.5) is 4.39 Å². The van der Waals surface area contributed by atoms with Crippen molar-refractivity contribution in [2.75, 3.05) is 7.11 Å². The minimum Gasteiger partial charge on any atom is -0.496 e. The Bertz CT molecular complexity index is 982. The molecule has 1 heterocycles. The normalized spacial score (nSPS) is 15.7. The second-order valence-corrected chi connectivity index (χ2v) is 6.94. The number of halogens is 1. The molecule has 2 aromatic carbocycles. The molecule has 4 rings (SSSR count). The third-order valence-corrected chi connectivity index (χ3v) is 5.19. The lowest BCUT2D eigenvalue weighted by atomic mass is 9.92. The van der Waals surface area contributed by atoms with Crippen LogP contribution in [-0.4, -0.2) is 22.8 Å². The van der Waals surface area contributed by atoms with Crippen LogP contribution in [0.25, 0.3) is 0 Å². The number of fused-ring (bicyclic) bond motifs is 1. The number of nitrogens with zero attached hydrogens (tertiary/aromatic N) is 2. The van der Waals surface area contributed by atoms with Crippen molar-refractivity contribution in [2.24, 2.45) is 0 Å². The summed E-state index contributed by atoms with van der Waals surface area (Å²) in [7, 11) is 1.67. The number of rotatable bonds is 5. The van der Waals surface area contributed by atoms with Crippen LogP contribution in [0.1, 0.15) is 46.1 Å². The number of hydrogen-bond donors (Lipinski definition) is 1. The number of para-hydroxylation sites is 1. The maximum Gasteiger partial charge on any atom is 0.251 e. The maximum absolute atomic E-state index is 13.1. The molecule has 0 aliphatic heterocycles. The van der Waals surface area contributed by atoms with Gasteiger partial charge in [0.05, 0.1) is 25.9 Å². The monoisotopic (exact) mass is 379 g/mol. The van der Waals surface area contributed by atoms with Gasteiger partial charge in [-0.25, -0.2) is 4.39 Å². The second-order valence-electron chi connectivity index (χ2n) is 6.94. The lowest BCUT2D eigenvalue weighted by Gasteiger charge is -2.24. The highest BCUT2D eigenvalue weighted by Crippen LogP contribution is 2.31. The summed E-state index contributed by atoms with van der Waals surface area (Å²) >= 11 is 0. The van der Waals surface area contributed by atoms with E-state index in [0.29, 0.717) is 12.1 Å². The summed E-state index contributed by atoms with van der Waals surface area (Å²) in [5, 5.41) is 7.64. The lowest BCUT2D eigenvalue weighted by Crippen LogP contribution is -2.31. The van der Waals surface area contributed by atoms with Gasteiger partial charge in [0.15, 0.2) is 0 Å². The molecular formula is C22H22FN3O2. The molecule has 0 bridgehead atoms. The molecule has 1 amide bonds. The van der Waals surface area contributed by atoms with Gasteiger partial charge in [-0.1, -0.05) is 18.2 Å². The van der Waals surface area contributed by atoms with Gasteiger partial charge in [0.25, 0.3) is 5.91 Å². The third-order valence-electron chi connectivity index (χ3n) is 5.19. The molecule has 3 aromatic rings. The predicted molar refractivity (Wildman–Crippen MR) is 104 cm³/mol. The molecule has 0 fully saturated rings. The average molecular weight is 379 g/mol. The van der Waals surface area contributed by atoms with Crippen molar-refractivity contribution in [3.05, 3.63) is 82.9 Å². The minimum atomic E-state index is -0.353. The van der Waals surface area contributed by atoms with Crippen molar-refractivity contribution in [2.45, 2.75) is 31.8 Å². The molecule has 0 spiro atoms. The highest BCUT2D eigenvalue weighted by atomic mass is 19.1. The zero-order valence-electron chi connectivity index (χ0n) is 15.7. The molecule has 28 heavy (non-hydrogen) atoms. The first-order chi connectivity index (χ1) is 13.7. The highest BCUT2D eigenvalue weighted by molar-refractivity contribution is 5.94. The van der Waals surface area contributed by atoms with E-state index in [1.165, 1.54) is 24.3 Å². The Balaban J connectivity index is 1.54. The van der Waals surface area contributed by atoms with E-state index in [2.05, 4.69) is 10.4 Å². The van der Waals surface area contributed by atoms with Gasteiger partial charge in [-0.05, 0) is 49.6 Å². The van der Waals surface area contributed by atoms with Gasteiger partial charge in [-0.15, -0.1) is 0 Å². The summed E-state index contributed by atoms with van der Waals surface area (Å²) < 4.78 is 20.5. The standard InChI is InChI=1S/C22H22FN3O2/c1-28-21-8-3-2-5-16(21)14-26-20-7-4-6-19(18(20)13-24-26)25-22(27)15-9-11-17(23)12-10-15/h2-3,5,8-13,19H,4,6-7,14H2,1H3,(H,25,27)/t19-/m0/s1. The van der Waals surface area contributed by atoms with Crippen LogP contribution < -0.4 is 10.1 Å². The summed E-state index contributed by atoms with van der Waals surface area (Å²) in [4.78, 5) is 12.5. The van der Waals surface area contributed by atoms with E-state index < -0.39 is 0 Å². The fraction of sp³-hybridized carbons (Fsp3) is 0.273. The summed E-state index contributed by atoms with van der Waals surface area (Å²) in [6.45, 7) is 0.623. The van der Waals surface area contributed by atoms with Gasteiger partial charge >= 0.3 is 0 Å². The molecule has 6 heteroatoms. The molecule has 0 saturated heterocycles. The topological polar surface area (TPSA) is 56.1 Å². The second kappa shape index (κ2) is 7.84. The fourth-order valence-corrected chi connectivity index (χ4v) is 3.74. The maximum atomic E-state index is 13.1. The van der Waals surface area contributed by atoms with Crippen LogP contribution in [0.2, 0.25) is 0 Å². The Labute approximate surface area is 163 Å². The van der Waals surface area contributed by atoms with Crippen molar-refractivity contribution in [3.63, 3.8) is 0 Å².